The van der Waals surface area contributed by atoms with Gasteiger partial charge in [0.15, 0.2) is 0 Å². The second-order valence-electron chi connectivity index (χ2n) is 2.98. The fourth-order valence-corrected chi connectivity index (χ4v) is 0.483. The Hall–Kier alpha value is 0.756. The second-order valence-corrected chi connectivity index (χ2v) is 2.98. The molecule has 0 atom stereocenters. The third kappa shape index (κ3) is 2.88. The molecular formula is C6H6F5KO2. The predicted molar refractivity (Wildman–Crippen MR) is 29.8 cm³/mol. The molecule has 0 aromatic heterocycles. The van der Waals surface area contributed by atoms with Crippen molar-refractivity contribution in [2.24, 2.45) is 5.41 Å². The van der Waals surface area contributed by atoms with Crippen molar-refractivity contribution >= 4 is 5.97 Å². The quantitative estimate of drug-likeness (QED) is 0.415. The summed E-state index contributed by atoms with van der Waals surface area (Å²) in [6.45, 7) is 0.519. The van der Waals surface area contributed by atoms with E-state index in [1.807, 2.05) is 0 Å². The minimum absolute atomic E-state index is 0. The Labute approximate surface area is 119 Å². The van der Waals surface area contributed by atoms with Crippen LogP contribution in [-0.4, -0.2) is 18.1 Å². The van der Waals surface area contributed by atoms with Crippen molar-refractivity contribution in [1.82, 2.24) is 0 Å². The summed E-state index contributed by atoms with van der Waals surface area (Å²) < 4.78 is 59.8. The zero-order valence-corrected chi connectivity index (χ0v) is 10.8. The maximum Gasteiger partial charge on any atom is 1.00 e. The Morgan fingerprint density at radius 2 is 1.36 bits per heavy atom. The molecule has 2 nitrogen and oxygen atoms in total. The average Bonchev–Trinajstić information content (AvgIpc) is 1.84. The molecule has 0 saturated carbocycles. The van der Waals surface area contributed by atoms with Crippen LogP contribution in [-0.2, 0) is 4.79 Å². The largest absolute Gasteiger partial charge is 1.00 e. The Morgan fingerprint density at radius 1 is 1.07 bits per heavy atom. The van der Waals surface area contributed by atoms with Gasteiger partial charge in [0.1, 0.15) is 0 Å². The number of carboxylic acids is 1. The van der Waals surface area contributed by atoms with Crippen LogP contribution >= 0.6 is 0 Å². The molecule has 8 heteroatoms. The molecule has 0 aliphatic heterocycles. The molecule has 0 amide bonds. The first-order valence-corrected chi connectivity index (χ1v) is 3.10. The molecule has 0 radical (unpaired) electrons. The molecule has 0 unspecified atom stereocenters. The molecule has 0 spiro atoms. The van der Waals surface area contributed by atoms with Gasteiger partial charge in [-0.1, -0.05) is 0 Å². The van der Waals surface area contributed by atoms with Gasteiger partial charge in [0.25, 0.3) is 0 Å². The van der Waals surface area contributed by atoms with Gasteiger partial charge in [-0.05, 0) is 13.8 Å². The minimum atomic E-state index is -5.89. The topological polar surface area (TPSA) is 40.1 Å². The number of alkyl halides is 5. The summed E-state index contributed by atoms with van der Waals surface area (Å²) in [7, 11) is 0. The molecule has 0 bridgehead atoms. The molecule has 78 valence electrons. The zero-order valence-electron chi connectivity index (χ0n) is 7.71. The van der Waals surface area contributed by atoms with E-state index in [1.165, 1.54) is 0 Å². The maximum atomic E-state index is 12.4. The average molecular weight is 244 g/mol. The van der Waals surface area contributed by atoms with E-state index in [-0.39, 0.29) is 65.2 Å². The SMILES string of the molecule is CC(C)(C(=O)[O-])C(F)(F)C(F)(F)F.[K+]. The van der Waals surface area contributed by atoms with Crippen molar-refractivity contribution in [3.05, 3.63) is 0 Å². The first kappa shape index (κ1) is 17.2. The Bertz CT molecular complexity index is 223. The normalized spacial score (nSPS) is 13.4. The van der Waals surface area contributed by atoms with Crippen LogP contribution in [0.3, 0.4) is 0 Å². The molecule has 0 N–H and O–H groups in total. The summed E-state index contributed by atoms with van der Waals surface area (Å²) in [6, 6.07) is 0. The molecule has 0 aromatic carbocycles. The van der Waals surface area contributed by atoms with Gasteiger partial charge >= 0.3 is 63.5 Å². The Morgan fingerprint density at radius 3 is 1.43 bits per heavy atom. The fraction of sp³-hybridized carbons (Fsp3) is 0.833. The van der Waals surface area contributed by atoms with Gasteiger partial charge < -0.3 is 9.90 Å². The minimum Gasteiger partial charge on any atom is -0.549 e. The third-order valence-electron chi connectivity index (χ3n) is 1.65. The first-order chi connectivity index (χ1) is 5.44. The first-order valence-electron chi connectivity index (χ1n) is 3.10. The van der Waals surface area contributed by atoms with Crippen molar-refractivity contribution in [3.8, 4) is 0 Å². The molecule has 14 heavy (non-hydrogen) atoms. The summed E-state index contributed by atoms with van der Waals surface area (Å²) >= 11 is 0. The molecule has 0 fully saturated rings. The van der Waals surface area contributed by atoms with E-state index < -0.39 is 23.5 Å². The predicted octanol–water partition coefficient (Wildman–Crippen LogP) is -2.04. The molecular weight excluding hydrogens is 238 g/mol. The number of carboxylic acid groups (broad SMARTS) is 1. The van der Waals surface area contributed by atoms with Crippen molar-refractivity contribution in [1.29, 1.82) is 0 Å². The van der Waals surface area contributed by atoms with Crippen molar-refractivity contribution in [2.45, 2.75) is 25.9 Å². The molecule has 0 heterocycles. The summed E-state index contributed by atoms with van der Waals surface area (Å²) in [5, 5.41) is 10.0. The van der Waals surface area contributed by atoms with E-state index in [4.69, 9.17) is 0 Å². The number of aliphatic carboxylic acids is 1. The van der Waals surface area contributed by atoms with Gasteiger partial charge in [0, 0.05) is 0 Å². The monoisotopic (exact) mass is 244 g/mol. The van der Waals surface area contributed by atoms with Gasteiger partial charge in [-0.3, -0.25) is 0 Å². The number of carbonyl (C=O) groups excluding carboxylic acids is 1. The molecule has 0 saturated heterocycles. The standard InChI is InChI=1S/C6H7F5O2.K/c1-4(2,3(12)13)5(7,8)6(9,10)11;/h1-2H3,(H,12,13);/q;+1/p-1. The van der Waals surface area contributed by atoms with Crippen LogP contribution in [0.5, 0.6) is 0 Å². The second kappa shape index (κ2) is 4.73. The smallest absolute Gasteiger partial charge is 0.549 e. The van der Waals surface area contributed by atoms with Gasteiger partial charge in [-0.25, -0.2) is 0 Å². The summed E-state index contributed by atoms with van der Waals surface area (Å²) in [5.41, 5.74) is -3.27. The van der Waals surface area contributed by atoms with Crippen LogP contribution in [0.2, 0.25) is 0 Å². The van der Waals surface area contributed by atoms with Crippen LogP contribution in [0, 0.1) is 5.41 Å². The molecule has 0 aromatic rings. The molecule has 0 aliphatic rings. The molecule has 0 aliphatic carbocycles. The van der Waals surface area contributed by atoms with Crippen molar-refractivity contribution in [2.75, 3.05) is 0 Å². The van der Waals surface area contributed by atoms with Gasteiger partial charge in [0.05, 0.1) is 11.4 Å². The fourth-order valence-electron chi connectivity index (χ4n) is 0.483. The van der Waals surface area contributed by atoms with Crippen LogP contribution in [0.25, 0.3) is 0 Å². The number of rotatable bonds is 2. The molecule has 0 rings (SSSR count). The van der Waals surface area contributed by atoms with E-state index in [2.05, 4.69) is 0 Å². The van der Waals surface area contributed by atoms with E-state index in [9.17, 15) is 31.9 Å². The van der Waals surface area contributed by atoms with Gasteiger partial charge in [-0.15, -0.1) is 0 Å². The summed E-state index contributed by atoms with van der Waals surface area (Å²) in [5.74, 6) is -7.76. The number of hydrogen-bond donors (Lipinski definition) is 0. The summed E-state index contributed by atoms with van der Waals surface area (Å²) in [4.78, 5) is 10.0. The van der Waals surface area contributed by atoms with E-state index in [0.29, 0.717) is 0 Å². The Balaban J connectivity index is 0. The third-order valence-corrected chi connectivity index (χ3v) is 1.65. The van der Waals surface area contributed by atoms with Crippen molar-refractivity contribution < 1.29 is 83.2 Å². The van der Waals surface area contributed by atoms with Crippen LogP contribution < -0.4 is 56.5 Å². The van der Waals surface area contributed by atoms with Gasteiger partial charge in [-0.2, -0.15) is 22.0 Å². The van der Waals surface area contributed by atoms with Gasteiger partial charge in [0.2, 0.25) is 0 Å². The van der Waals surface area contributed by atoms with Crippen LogP contribution in [0.4, 0.5) is 22.0 Å². The van der Waals surface area contributed by atoms with Crippen LogP contribution in [0.1, 0.15) is 13.8 Å². The Kier molecular flexibility index (Phi) is 5.80. The summed E-state index contributed by atoms with van der Waals surface area (Å²) in [6.07, 6.45) is -5.89. The van der Waals surface area contributed by atoms with Crippen molar-refractivity contribution in [3.63, 3.8) is 0 Å². The van der Waals surface area contributed by atoms with E-state index >= 15 is 0 Å². The van der Waals surface area contributed by atoms with E-state index in [1.54, 1.807) is 0 Å². The maximum absolute atomic E-state index is 12.4. The number of carbonyl (C=O) groups is 1. The number of hydrogen-bond acceptors (Lipinski definition) is 2. The van der Waals surface area contributed by atoms with Crippen LogP contribution in [0.15, 0.2) is 0 Å². The van der Waals surface area contributed by atoms with E-state index in [0.717, 1.165) is 0 Å². The number of halogens is 5. The zero-order chi connectivity index (χ0) is 11.1.